The summed E-state index contributed by atoms with van der Waals surface area (Å²) < 4.78 is 5.95. The van der Waals surface area contributed by atoms with E-state index >= 15 is 0 Å². The van der Waals surface area contributed by atoms with E-state index in [0.717, 1.165) is 49.7 Å². The number of unbranched alkanes of at least 4 members (excludes halogenated alkanes) is 3. The lowest BCUT2D eigenvalue weighted by Crippen LogP contribution is -2.09. The highest BCUT2D eigenvalue weighted by molar-refractivity contribution is 5.75. The van der Waals surface area contributed by atoms with Crippen LogP contribution in [0.5, 0.6) is 5.75 Å². The van der Waals surface area contributed by atoms with Crippen molar-refractivity contribution in [2.75, 3.05) is 30.3 Å². The van der Waals surface area contributed by atoms with Gasteiger partial charge in [0.2, 0.25) is 0 Å². The van der Waals surface area contributed by atoms with Gasteiger partial charge in [0.25, 0.3) is 0 Å². The lowest BCUT2D eigenvalue weighted by atomic mass is 10.2. The molecule has 0 aliphatic rings. The molecule has 0 heterocycles. The third-order valence-electron chi connectivity index (χ3n) is 3.46. The number of ether oxygens (including phenoxy) is 1. The molecule has 0 spiro atoms. The molecule has 120 valence electrons. The SMILES string of the molecule is CCCCNc1cccc(OCCCC)c1NCCCC. The zero-order valence-electron chi connectivity index (χ0n) is 14.0. The van der Waals surface area contributed by atoms with Crippen LogP contribution in [0.25, 0.3) is 0 Å². The van der Waals surface area contributed by atoms with Crippen LogP contribution in [-0.2, 0) is 0 Å². The van der Waals surface area contributed by atoms with Crippen molar-refractivity contribution in [1.82, 2.24) is 0 Å². The third kappa shape index (κ3) is 6.74. The number of hydrogen-bond acceptors (Lipinski definition) is 3. The fourth-order valence-corrected chi connectivity index (χ4v) is 2.10. The zero-order chi connectivity index (χ0) is 15.3. The van der Waals surface area contributed by atoms with Gasteiger partial charge in [0.1, 0.15) is 11.4 Å². The minimum absolute atomic E-state index is 0.789. The second-order valence-electron chi connectivity index (χ2n) is 5.44. The standard InChI is InChI=1S/C18H32N2O/c1-4-7-13-19-16-11-10-12-17(21-15-9-6-3)18(16)20-14-8-5-2/h10-12,19-20H,4-9,13-15H2,1-3H3. The van der Waals surface area contributed by atoms with Crippen molar-refractivity contribution < 1.29 is 4.74 Å². The van der Waals surface area contributed by atoms with E-state index in [2.05, 4.69) is 49.6 Å². The minimum atomic E-state index is 0.789. The van der Waals surface area contributed by atoms with Gasteiger partial charge in [-0.05, 0) is 31.4 Å². The molecule has 0 aliphatic carbocycles. The second-order valence-corrected chi connectivity index (χ2v) is 5.44. The Kier molecular flexibility index (Phi) is 9.51. The van der Waals surface area contributed by atoms with Gasteiger partial charge in [-0.1, -0.05) is 46.1 Å². The Morgan fingerprint density at radius 3 is 2.19 bits per heavy atom. The number of hydrogen-bond donors (Lipinski definition) is 2. The summed E-state index contributed by atoms with van der Waals surface area (Å²) in [5, 5.41) is 7.08. The topological polar surface area (TPSA) is 33.3 Å². The number of anilines is 2. The first-order chi connectivity index (χ1) is 10.3. The summed E-state index contributed by atoms with van der Waals surface area (Å²) in [7, 11) is 0. The van der Waals surface area contributed by atoms with E-state index in [1.165, 1.54) is 25.7 Å². The zero-order valence-corrected chi connectivity index (χ0v) is 14.0. The van der Waals surface area contributed by atoms with Crippen LogP contribution >= 0.6 is 0 Å². The predicted molar refractivity (Wildman–Crippen MR) is 93.6 cm³/mol. The summed E-state index contributed by atoms with van der Waals surface area (Å²) in [5.74, 6) is 0.973. The third-order valence-corrected chi connectivity index (χ3v) is 3.46. The van der Waals surface area contributed by atoms with Crippen LogP contribution in [0.3, 0.4) is 0 Å². The van der Waals surface area contributed by atoms with E-state index in [4.69, 9.17) is 4.74 Å². The Bertz CT molecular complexity index is 351. The molecule has 1 rings (SSSR count). The van der Waals surface area contributed by atoms with Gasteiger partial charge in [-0.2, -0.15) is 0 Å². The molecule has 0 radical (unpaired) electrons. The van der Waals surface area contributed by atoms with E-state index < -0.39 is 0 Å². The second kappa shape index (κ2) is 11.3. The van der Waals surface area contributed by atoms with Crippen LogP contribution in [0.4, 0.5) is 11.4 Å². The van der Waals surface area contributed by atoms with Gasteiger partial charge in [-0.25, -0.2) is 0 Å². The molecule has 0 aliphatic heterocycles. The van der Waals surface area contributed by atoms with Gasteiger partial charge in [0.15, 0.2) is 0 Å². The normalized spacial score (nSPS) is 10.4. The Labute approximate surface area is 130 Å². The molecule has 0 bridgehead atoms. The Hall–Kier alpha value is -1.38. The van der Waals surface area contributed by atoms with Crippen LogP contribution in [0, 0.1) is 0 Å². The number of rotatable bonds is 12. The fraction of sp³-hybridized carbons (Fsp3) is 0.667. The maximum absolute atomic E-state index is 5.95. The molecule has 0 amide bonds. The number of para-hydroxylation sites is 1. The summed E-state index contributed by atoms with van der Waals surface area (Å²) >= 11 is 0. The molecule has 1 aromatic carbocycles. The lowest BCUT2D eigenvalue weighted by Gasteiger charge is -2.18. The molecular weight excluding hydrogens is 260 g/mol. The number of nitrogens with one attached hydrogen (secondary N) is 2. The Balaban J connectivity index is 2.75. The van der Waals surface area contributed by atoms with Gasteiger partial charge in [0.05, 0.1) is 12.3 Å². The Morgan fingerprint density at radius 2 is 1.52 bits per heavy atom. The van der Waals surface area contributed by atoms with Crippen LogP contribution in [0.15, 0.2) is 18.2 Å². The van der Waals surface area contributed by atoms with Gasteiger partial charge in [-0.15, -0.1) is 0 Å². The van der Waals surface area contributed by atoms with Crippen LogP contribution in [0.1, 0.15) is 59.3 Å². The molecule has 0 unspecified atom stereocenters. The van der Waals surface area contributed by atoms with Crippen molar-refractivity contribution >= 4 is 11.4 Å². The van der Waals surface area contributed by atoms with Crippen molar-refractivity contribution in [1.29, 1.82) is 0 Å². The molecule has 1 aromatic rings. The molecule has 0 aromatic heterocycles. The molecule has 0 atom stereocenters. The minimum Gasteiger partial charge on any atom is -0.491 e. The van der Waals surface area contributed by atoms with Crippen molar-refractivity contribution in [3.05, 3.63) is 18.2 Å². The van der Waals surface area contributed by atoms with Crippen LogP contribution in [-0.4, -0.2) is 19.7 Å². The molecule has 2 N–H and O–H groups in total. The van der Waals surface area contributed by atoms with E-state index in [1.807, 2.05) is 0 Å². The summed E-state index contributed by atoms with van der Waals surface area (Å²) in [5.41, 5.74) is 2.28. The van der Waals surface area contributed by atoms with Gasteiger partial charge >= 0.3 is 0 Å². The van der Waals surface area contributed by atoms with Gasteiger partial charge < -0.3 is 15.4 Å². The predicted octanol–water partition coefficient (Wildman–Crippen LogP) is 5.29. The van der Waals surface area contributed by atoms with Gasteiger partial charge in [0, 0.05) is 13.1 Å². The van der Waals surface area contributed by atoms with Crippen LogP contribution < -0.4 is 15.4 Å². The van der Waals surface area contributed by atoms with E-state index in [1.54, 1.807) is 0 Å². The summed E-state index contributed by atoms with van der Waals surface area (Å²) in [4.78, 5) is 0. The molecule has 0 fully saturated rings. The summed E-state index contributed by atoms with van der Waals surface area (Å²) in [6, 6.07) is 6.27. The molecular formula is C18H32N2O. The van der Waals surface area contributed by atoms with Crippen molar-refractivity contribution in [2.45, 2.75) is 59.3 Å². The highest BCUT2D eigenvalue weighted by Gasteiger charge is 2.09. The maximum Gasteiger partial charge on any atom is 0.144 e. The molecule has 0 saturated carbocycles. The highest BCUT2D eigenvalue weighted by atomic mass is 16.5. The molecule has 21 heavy (non-hydrogen) atoms. The van der Waals surface area contributed by atoms with E-state index in [-0.39, 0.29) is 0 Å². The highest BCUT2D eigenvalue weighted by Crippen LogP contribution is 2.33. The smallest absolute Gasteiger partial charge is 0.144 e. The van der Waals surface area contributed by atoms with Crippen LogP contribution in [0.2, 0.25) is 0 Å². The average Bonchev–Trinajstić information content (AvgIpc) is 2.50. The van der Waals surface area contributed by atoms with E-state index in [0.29, 0.717) is 0 Å². The van der Waals surface area contributed by atoms with Crippen molar-refractivity contribution in [3.8, 4) is 5.75 Å². The first-order valence-electron chi connectivity index (χ1n) is 8.57. The molecule has 3 heteroatoms. The number of benzene rings is 1. The fourth-order valence-electron chi connectivity index (χ4n) is 2.10. The monoisotopic (exact) mass is 292 g/mol. The van der Waals surface area contributed by atoms with Crippen molar-refractivity contribution in [2.24, 2.45) is 0 Å². The quantitative estimate of drug-likeness (QED) is 0.514. The average molecular weight is 292 g/mol. The molecule has 3 nitrogen and oxygen atoms in total. The lowest BCUT2D eigenvalue weighted by molar-refractivity contribution is 0.311. The largest absolute Gasteiger partial charge is 0.491 e. The van der Waals surface area contributed by atoms with Crippen molar-refractivity contribution in [3.63, 3.8) is 0 Å². The summed E-state index contributed by atoms with van der Waals surface area (Å²) in [6.07, 6.45) is 7.03. The first kappa shape index (κ1) is 17.7. The summed E-state index contributed by atoms with van der Waals surface area (Å²) in [6.45, 7) is 9.41. The Morgan fingerprint density at radius 1 is 0.857 bits per heavy atom. The van der Waals surface area contributed by atoms with Gasteiger partial charge in [-0.3, -0.25) is 0 Å². The first-order valence-corrected chi connectivity index (χ1v) is 8.57. The molecule has 0 saturated heterocycles. The van der Waals surface area contributed by atoms with E-state index in [9.17, 15) is 0 Å². The maximum atomic E-state index is 5.95.